The number of rotatable bonds is 2. The smallest absolute Gasteiger partial charge is 0.320 e. The van der Waals surface area contributed by atoms with Gasteiger partial charge in [0.05, 0.1) is 19.3 Å². The summed E-state index contributed by atoms with van der Waals surface area (Å²) in [7, 11) is 0. The molecule has 0 spiro atoms. The predicted octanol–water partition coefficient (Wildman–Crippen LogP) is -0.0806. The summed E-state index contributed by atoms with van der Waals surface area (Å²) in [5.74, 6) is -0.813. The molecule has 0 bridgehead atoms. The summed E-state index contributed by atoms with van der Waals surface area (Å²) in [5, 5.41) is 8.82. The normalized spacial score (nSPS) is 25.4. The van der Waals surface area contributed by atoms with E-state index in [1.807, 2.05) is 21.6 Å². The summed E-state index contributed by atoms with van der Waals surface area (Å²) in [5.41, 5.74) is 0. The van der Waals surface area contributed by atoms with Crippen molar-refractivity contribution in [2.45, 2.75) is 19.4 Å². The average molecular weight is 285 g/mol. The largest absolute Gasteiger partial charge is 0.480 e. The predicted molar refractivity (Wildman–Crippen MR) is 72.6 cm³/mol. The summed E-state index contributed by atoms with van der Waals surface area (Å²) in [6.07, 6.45) is 0.905. The van der Waals surface area contributed by atoms with Gasteiger partial charge in [0, 0.05) is 39.3 Å². The van der Waals surface area contributed by atoms with Crippen molar-refractivity contribution in [1.82, 2.24) is 14.7 Å². The summed E-state index contributed by atoms with van der Waals surface area (Å²) >= 11 is 0. The maximum absolute atomic E-state index is 12.4. The fraction of sp³-hybridized carbons (Fsp3) is 0.846. The minimum Gasteiger partial charge on any atom is -0.480 e. The molecule has 0 saturated carbocycles. The van der Waals surface area contributed by atoms with E-state index in [0.717, 1.165) is 13.0 Å². The zero-order valence-corrected chi connectivity index (χ0v) is 12.0. The zero-order chi connectivity index (χ0) is 14.5. The minimum atomic E-state index is -0.813. The van der Waals surface area contributed by atoms with Crippen LogP contribution in [0.1, 0.15) is 13.3 Å². The van der Waals surface area contributed by atoms with Gasteiger partial charge in [0.2, 0.25) is 0 Å². The number of carbonyl (C=O) groups excluding carboxylic acids is 1. The molecule has 0 aromatic heterocycles. The first-order chi connectivity index (χ1) is 9.56. The van der Waals surface area contributed by atoms with Crippen LogP contribution in [-0.2, 0) is 9.53 Å². The Balaban J connectivity index is 1.86. The Morgan fingerprint density at radius 2 is 1.95 bits per heavy atom. The van der Waals surface area contributed by atoms with Crippen molar-refractivity contribution in [2.75, 3.05) is 52.4 Å². The van der Waals surface area contributed by atoms with Gasteiger partial charge in [-0.05, 0) is 13.3 Å². The third-order valence-corrected chi connectivity index (χ3v) is 3.73. The maximum atomic E-state index is 12.4. The van der Waals surface area contributed by atoms with Crippen LogP contribution in [-0.4, -0.2) is 90.3 Å². The van der Waals surface area contributed by atoms with Crippen LogP contribution < -0.4 is 0 Å². The summed E-state index contributed by atoms with van der Waals surface area (Å²) in [6, 6.07) is 0.0531. The highest BCUT2D eigenvalue weighted by Crippen LogP contribution is 2.10. The molecule has 1 N–H and O–H groups in total. The van der Waals surface area contributed by atoms with Crippen LogP contribution in [0.4, 0.5) is 4.79 Å². The summed E-state index contributed by atoms with van der Waals surface area (Å²) in [6.45, 7) is 6.53. The number of carbonyl (C=O) groups is 2. The first-order valence-electron chi connectivity index (χ1n) is 7.16. The number of aliphatic carboxylic acids is 1. The second-order valence-corrected chi connectivity index (χ2v) is 5.42. The van der Waals surface area contributed by atoms with Gasteiger partial charge in [0.15, 0.2) is 0 Å². The van der Waals surface area contributed by atoms with Crippen molar-refractivity contribution in [3.63, 3.8) is 0 Å². The van der Waals surface area contributed by atoms with Gasteiger partial charge in [0.25, 0.3) is 0 Å². The molecular formula is C13H23N3O4. The van der Waals surface area contributed by atoms with E-state index in [4.69, 9.17) is 9.84 Å². The fourth-order valence-electron chi connectivity index (χ4n) is 2.70. The van der Waals surface area contributed by atoms with Crippen LogP contribution in [0.15, 0.2) is 0 Å². The van der Waals surface area contributed by atoms with Gasteiger partial charge < -0.3 is 19.6 Å². The van der Waals surface area contributed by atoms with Crippen molar-refractivity contribution >= 4 is 12.0 Å². The lowest BCUT2D eigenvalue weighted by Gasteiger charge is -2.35. The molecule has 2 aliphatic heterocycles. The highest BCUT2D eigenvalue weighted by atomic mass is 16.5. The van der Waals surface area contributed by atoms with Crippen LogP contribution in [0.3, 0.4) is 0 Å². The molecule has 7 nitrogen and oxygen atoms in total. The SMILES string of the molecule is CC1CN(C(=O)N2CCCN(CC(=O)O)CC2)CCO1. The summed E-state index contributed by atoms with van der Waals surface area (Å²) in [4.78, 5) is 28.7. The molecule has 2 fully saturated rings. The fourth-order valence-corrected chi connectivity index (χ4v) is 2.70. The Morgan fingerprint density at radius 3 is 2.65 bits per heavy atom. The van der Waals surface area contributed by atoms with Crippen molar-refractivity contribution in [2.24, 2.45) is 0 Å². The van der Waals surface area contributed by atoms with Gasteiger partial charge in [-0.25, -0.2) is 4.79 Å². The molecule has 2 amide bonds. The highest BCUT2D eigenvalue weighted by molar-refractivity contribution is 5.74. The summed E-state index contributed by atoms with van der Waals surface area (Å²) < 4.78 is 5.45. The van der Waals surface area contributed by atoms with Gasteiger partial charge in [-0.3, -0.25) is 9.69 Å². The molecule has 2 saturated heterocycles. The van der Waals surface area contributed by atoms with Gasteiger partial charge in [-0.1, -0.05) is 0 Å². The van der Waals surface area contributed by atoms with Crippen molar-refractivity contribution in [3.05, 3.63) is 0 Å². The standard InChI is InChI=1S/C13H23N3O4/c1-11-9-16(7-8-20-11)13(19)15-4-2-3-14(5-6-15)10-12(17)18/h11H,2-10H2,1H3,(H,17,18). The number of nitrogens with zero attached hydrogens (tertiary/aromatic N) is 3. The number of carboxylic acid groups (broad SMARTS) is 1. The maximum Gasteiger partial charge on any atom is 0.320 e. The lowest BCUT2D eigenvalue weighted by molar-refractivity contribution is -0.138. The lowest BCUT2D eigenvalue weighted by Crippen LogP contribution is -2.51. The van der Waals surface area contributed by atoms with E-state index >= 15 is 0 Å². The van der Waals surface area contributed by atoms with Crippen LogP contribution in [0.2, 0.25) is 0 Å². The van der Waals surface area contributed by atoms with E-state index in [1.54, 1.807) is 0 Å². The highest BCUT2D eigenvalue weighted by Gasteiger charge is 2.27. The molecule has 0 aliphatic carbocycles. The van der Waals surface area contributed by atoms with Crippen molar-refractivity contribution in [3.8, 4) is 0 Å². The van der Waals surface area contributed by atoms with Crippen LogP contribution in [0.25, 0.3) is 0 Å². The Bertz CT molecular complexity index is 364. The topological polar surface area (TPSA) is 73.3 Å². The number of hydrogen-bond donors (Lipinski definition) is 1. The van der Waals surface area contributed by atoms with Crippen LogP contribution >= 0.6 is 0 Å². The molecule has 20 heavy (non-hydrogen) atoms. The average Bonchev–Trinajstić information content (AvgIpc) is 2.63. The van der Waals surface area contributed by atoms with Crippen LogP contribution in [0.5, 0.6) is 0 Å². The first kappa shape index (κ1) is 15.1. The monoisotopic (exact) mass is 285 g/mol. The molecule has 2 heterocycles. The Hall–Kier alpha value is -1.34. The molecule has 0 aromatic carbocycles. The van der Waals surface area contributed by atoms with Gasteiger partial charge >= 0.3 is 12.0 Å². The molecule has 2 rings (SSSR count). The number of urea groups is 1. The van der Waals surface area contributed by atoms with E-state index < -0.39 is 5.97 Å². The number of morpholine rings is 1. The van der Waals surface area contributed by atoms with Crippen molar-refractivity contribution in [1.29, 1.82) is 0 Å². The van der Waals surface area contributed by atoms with E-state index in [1.165, 1.54) is 0 Å². The molecule has 2 aliphatic rings. The third kappa shape index (κ3) is 4.08. The number of ether oxygens (including phenoxy) is 1. The molecular weight excluding hydrogens is 262 g/mol. The van der Waals surface area contributed by atoms with Gasteiger partial charge in [-0.2, -0.15) is 0 Å². The van der Waals surface area contributed by atoms with Crippen LogP contribution in [0, 0.1) is 0 Å². The van der Waals surface area contributed by atoms with Gasteiger partial charge in [0.1, 0.15) is 0 Å². The van der Waals surface area contributed by atoms with E-state index in [9.17, 15) is 9.59 Å². The molecule has 0 radical (unpaired) electrons. The molecule has 114 valence electrons. The molecule has 1 unspecified atom stereocenters. The second kappa shape index (κ2) is 6.90. The molecule has 1 atom stereocenters. The number of carboxylic acids is 1. The molecule has 0 aromatic rings. The number of hydrogen-bond acceptors (Lipinski definition) is 4. The van der Waals surface area contributed by atoms with E-state index in [2.05, 4.69) is 0 Å². The van der Waals surface area contributed by atoms with Gasteiger partial charge in [-0.15, -0.1) is 0 Å². The lowest BCUT2D eigenvalue weighted by atomic mass is 10.3. The third-order valence-electron chi connectivity index (χ3n) is 3.73. The Morgan fingerprint density at radius 1 is 1.15 bits per heavy atom. The minimum absolute atomic E-state index is 0.0522. The Labute approximate surface area is 119 Å². The van der Waals surface area contributed by atoms with E-state index in [0.29, 0.717) is 39.3 Å². The zero-order valence-electron chi connectivity index (χ0n) is 12.0. The van der Waals surface area contributed by atoms with E-state index in [-0.39, 0.29) is 18.7 Å². The number of amides is 2. The quantitative estimate of drug-likeness (QED) is 0.768. The molecule has 7 heteroatoms. The van der Waals surface area contributed by atoms with Crippen molar-refractivity contribution < 1.29 is 19.4 Å². The second-order valence-electron chi connectivity index (χ2n) is 5.42. The first-order valence-corrected chi connectivity index (χ1v) is 7.16. The Kier molecular flexibility index (Phi) is 5.19.